The quantitative estimate of drug-likeness (QED) is 0.814. The van der Waals surface area contributed by atoms with Crippen LogP contribution in [0.1, 0.15) is 25.0 Å². The van der Waals surface area contributed by atoms with Crippen LogP contribution in [0.3, 0.4) is 0 Å². The van der Waals surface area contributed by atoms with Gasteiger partial charge in [-0.05, 0) is 0 Å². The molecular formula is C8H9F2NO3. The molecule has 0 aliphatic heterocycles. The summed E-state index contributed by atoms with van der Waals surface area (Å²) in [5.41, 5.74) is 0. The molecule has 0 saturated carbocycles. The third-order valence-corrected chi connectivity index (χ3v) is 1.69. The van der Waals surface area contributed by atoms with Crippen molar-refractivity contribution in [2.45, 2.75) is 19.8 Å². The van der Waals surface area contributed by atoms with Crippen molar-refractivity contribution < 1.29 is 23.1 Å². The zero-order chi connectivity index (χ0) is 10.7. The number of rotatable bonds is 4. The Morgan fingerprint density at radius 3 is 2.79 bits per heavy atom. The SMILES string of the molecule is CC(Cc1cnc(C(F)F)o1)C(=O)O. The van der Waals surface area contributed by atoms with Gasteiger partial charge >= 0.3 is 12.4 Å². The van der Waals surface area contributed by atoms with Gasteiger partial charge in [0.1, 0.15) is 5.76 Å². The molecule has 0 aliphatic carbocycles. The van der Waals surface area contributed by atoms with Crippen LogP contribution < -0.4 is 0 Å². The van der Waals surface area contributed by atoms with E-state index >= 15 is 0 Å². The Morgan fingerprint density at radius 1 is 1.71 bits per heavy atom. The Balaban J connectivity index is 2.64. The molecule has 1 unspecified atom stereocenters. The van der Waals surface area contributed by atoms with Gasteiger partial charge in [0.2, 0.25) is 0 Å². The number of carboxylic acids is 1. The van der Waals surface area contributed by atoms with E-state index in [4.69, 9.17) is 5.11 Å². The minimum atomic E-state index is -2.76. The molecule has 0 bridgehead atoms. The fraction of sp³-hybridized carbons (Fsp3) is 0.500. The first-order valence-corrected chi connectivity index (χ1v) is 3.96. The van der Waals surface area contributed by atoms with Crippen LogP contribution in [-0.4, -0.2) is 16.1 Å². The highest BCUT2D eigenvalue weighted by Crippen LogP contribution is 2.19. The van der Waals surface area contributed by atoms with Crippen LogP contribution in [-0.2, 0) is 11.2 Å². The molecule has 78 valence electrons. The van der Waals surface area contributed by atoms with Crippen LogP contribution in [0.2, 0.25) is 0 Å². The Hall–Kier alpha value is -1.46. The third kappa shape index (κ3) is 2.51. The number of halogens is 2. The lowest BCUT2D eigenvalue weighted by atomic mass is 10.1. The molecule has 0 aromatic carbocycles. The molecule has 0 aliphatic rings. The summed E-state index contributed by atoms with van der Waals surface area (Å²) in [6, 6.07) is 0. The first kappa shape index (κ1) is 10.6. The van der Waals surface area contributed by atoms with Crippen LogP contribution in [0.4, 0.5) is 8.78 Å². The van der Waals surface area contributed by atoms with Crippen molar-refractivity contribution in [3.05, 3.63) is 17.8 Å². The molecule has 0 radical (unpaired) electrons. The Morgan fingerprint density at radius 2 is 2.36 bits per heavy atom. The van der Waals surface area contributed by atoms with Crippen molar-refractivity contribution in [2.24, 2.45) is 5.92 Å². The van der Waals surface area contributed by atoms with Crippen molar-refractivity contribution in [3.63, 3.8) is 0 Å². The van der Waals surface area contributed by atoms with Crippen molar-refractivity contribution in [2.75, 3.05) is 0 Å². The standard InChI is InChI=1S/C8H9F2NO3/c1-4(8(12)13)2-5-3-11-7(14-5)6(9)10/h3-4,6H,2H2,1H3,(H,12,13). The van der Waals surface area contributed by atoms with Gasteiger partial charge in [0.25, 0.3) is 5.89 Å². The second kappa shape index (κ2) is 4.17. The van der Waals surface area contributed by atoms with Crippen LogP contribution in [0.15, 0.2) is 10.6 Å². The zero-order valence-corrected chi connectivity index (χ0v) is 7.41. The van der Waals surface area contributed by atoms with Gasteiger partial charge in [0.15, 0.2) is 0 Å². The maximum atomic E-state index is 12.0. The normalized spacial score (nSPS) is 13.1. The van der Waals surface area contributed by atoms with E-state index in [1.165, 1.54) is 6.92 Å². The van der Waals surface area contributed by atoms with Crippen LogP contribution in [0, 0.1) is 5.92 Å². The monoisotopic (exact) mass is 205 g/mol. The highest BCUT2D eigenvalue weighted by molar-refractivity contribution is 5.69. The predicted molar refractivity (Wildman–Crippen MR) is 42.0 cm³/mol. The highest BCUT2D eigenvalue weighted by atomic mass is 19.3. The summed E-state index contributed by atoms with van der Waals surface area (Å²) in [7, 11) is 0. The summed E-state index contributed by atoms with van der Waals surface area (Å²) in [5.74, 6) is -2.18. The molecule has 1 heterocycles. The van der Waals surface area contributed by atoms with E-state index in [1.807, 2.05) is 0 Å². The fourth-order valence-electron chi connectivity index (χ4n) is 0.907. The Kier molecular flexibility index (Phi) is 3.16. The molecule has 1 aromatic heterocycles. The lowest BCUT2D eigenvalue weighted by Gasteiger charge is -2.01. The van der Waals surface area contributed by atoms with Gasteiger partial charge < -0.3 is 9.52 Å². The predicted octanol–water partition coefficient (Wildman–Crippen LogP) is 1.88. The summed E-state index contributed by atoms with van der Waals surface area (Å²) in [6.07, 6.45) is -1.57. The number of nitrogens with zero attached hydrogens (tertiary/aromatic N) is 1. The number of aromatic nitrogens is 1. The molecule has 1 atom stereocenters. The summed E-state index contributed by atoms with van der Waals surface area (Å²) < 4.78 is 28.6. The maximum Gasteiger partial charge on any atom is 0.313 e. The van der Waals surface area contributed by atoms with Gasteiger partial charge in [-0.25, -0.2) is 4.98 Å². The summed E-state index contributed by atoms with van der Waals surface area (Å²) in [6.45, 7) is 1.47. The molecule has 14 heavy (non-hydrogen) atoms. The van der Waals surface area contributed by atoms with Gasteiger partial charge in [-0.1, -0.05) is 6.92 Å². The van der Waals surface area contributed by atoms with Crippen molar-refractivity contribution >= 4 is 5.97 Å². The van der Waals surface area contributed by atoms with E-state index < -0.39 is 24.2 Å². The largest absolute Gasteiger partial charge is 0.481 e. The van der Waals surface area contributed by atoms with Crippen LogP contribution >= 0.6 is 0 Å². The maximum absolute atomic E-state index is 12.0. The molecule has 4 nitrogen and oxygen atoms in total. The second-order valence-electron chi connectivity index (χ2n) is 2.91. The average molecular weight is 205 g/mol. The van der Waals surface area contributed by atoms with Gasteiger partial charge in [0.05, 0.1) is 12.1 Å². The molecule has 1 rings (SSSR count). The minimum absolute atomic E-state index is 0.0645. The molecule has 0 saturated heterocycles. The van der Waals surface area contributed by atoms with Crippen molar-refractivity contribution in [3.8, 4) is 0 Å². The number of hydrogen-bond acceptors (Lipinski definition) is 3. The van der Waals surface area contributed by atoms with E-state index in [0.717, 1.165) is 6.20 Å². The molecule has 0 amide bonds. The van der Waals surface area contributed by atoms with E-state index in [2.05, 4.69) is 9.40 Å². The fourth-order valence-corrected chi connectivity index (χ4v) is 0.907. The number of carbonyl (C=O) groups is 1. The molecule has 1 aromatic rings. The van der Waals surface area contributed by atoms with E-state index in [0.29, 0.717) is 0 Å². The van der Waals surface area contributed by atoms with Crippen molar-refractivity contribution in [1.29, 1.82) is 0 Å². The second-order valence-corrected chi connectivity index (χ2v) is 2.91. The van der Waals surface area contributed by atoms with Gasteiger partial charge in [-0.3, -0.25) is 4.79 Å². The topological polar surface area (TPSA) is 63.3 Å². The van der Waals surface area contributed by atoms with E-state index in [-0.39, 0.29) is 12.2 Å². The molecule has 6 heteroatoms. The van der Waals surface area contributed by atoms with Crippen molar-refractivity contribution in [1.82, 2.24) is 4.98 Å². The van der Waals surface area contributed by atoms with E-state index in [9.17, 15) is 13.6 Å². The summed E-state index contributed by atoms with van der Waals surface area (Å²) in [5, 5.41) is 8.55. The Bertz CT molecular complexity index is 324. The first-order valence-electron chi connectivity index (χ1n) is 3.96. The van der Waals surface area contributed by atoms with Crippen LogP contribution in [0.25, 0.3) is 0 Å². The average Bonchev–Trinajstić information content (AvgIpc) is 2.52. The molecule has 0 fully saturated rings. The summed E-state index contributed by atoms with van der Waals surface area (Å²) in [4.78, 5) is 13.8. The lowest BCUT2D eigenvalue weighted by molar-refractivity contribution is -0.141. The minimum Gasteiger partial charge on any atom is -0.481 e. The highest BCUT2D eigenvalue weighted by Gasteiger charge is 2.18. The van der Waals surface area contributed by atoms with Gasteiger partial charge in [-0.2, -0.15) is 8.78 Å². The zero-order valence-electron chi connectivity index (χ0n) is 7.41. The third-order valence-electron chi connectivity index (χ3n) is 1.69. The number of alkyl halides is 2. The van der Waals surface area contributed by atoms with Crippen LogP contribution in [0.5, 0.6) is 0 Å². The van der Waals surface area contributed by atoms with Gasteiger partial charge in [-0.15, -0.1) is 0 Å². The molecular weight excluding hydrogens is 196 g/mol. The molecule has 0 spiro atoms. The van der Waals surface area contributed by atoms with E-state index in [1.54, 1.807) is 0 Å². The number of oxazole rings is 1. The number of aliphatic carboxylic acids is 1. The summed E-state index contributed by atoms with van der Waals surface area (Å²) >= 11 is 0. The number of hydrogen-bond donors (Lipinski definition) is 1. The van der Waals surface area contributed by atoms with Gasteiger partial charge in [0, 0.05) is 6.42 Å². The lowest BCUT2D eigenvalue weighted by Crippen LogP contribution is -2.11. The Labute approximate surface area is 78.6 Å². The first-order chi connectivity index (χ1) is 6.50. The smallest absolute Gasteiger partial charge is 0.313 e. The number of carboxylic acid groups (broad SMARTS) is 1. The molecule has 1 N–H and O–H groups in total.